The van der Waals surface area contributed by atoms with Crippen LogP contribution >= 0.6 is 11.6 Å². The van der Waals surface area contributed by atoms with Crippen molar-refractivity contribution >= 4 is 17.6 Å². The van der Waals surface area contributed by atoms with E-state index in [4.69, 9.17) is 21.1 Å². The number of aromatic nitrogens is 2. The first kappa shape index (κ1) is 27.7. The number of carbonyl (C=O) groups excluding carboxylic acids is 1. The molecule has 0 bridgehead atoms. The third-order valence-corrected chi connectivity index (χ3v) is 6.32. The quantitative estimate of drug-likeness (QED) is 0.117. The number of esters is 1. The zero-order valence-corrected chi connectivity index (χ0v) is 22.2. The number of carbonyl (C=O) groups is 1. The van der Waals surface area contributed by atoms with Crippen molar-refractivity contribution in [1.82, 2.24) is 9.97 Å². The van der Waals surface area contributed by atoms with Gasteiger partial charge in [0.15, 0.2) is 5.82 Å². The van der Waals surface area contributed by atoms with Gasteiger partial charge in [-0.15, -0.1) is 0 Å². The number of hydrogen-bond donors (Lipinski definition) is 0. The fourth-order valence-electron chi connectivity index (χ4n) is 3.86. The van der Waals surface area contributed by atoms with Crippen LogP contribution in [0.2, 0.25) is 5.02 Å². The van der Waals surface area contributed by atoms with E-state index in [0.717, 1.165) is 30.4 Å². The van der Waals surface area contributed by atoms with E-state index in [1.165, 1.54) is 44.9 Å². The first-order valence-electron chi connectivity index (χ1n) is 13.2. The number of hydrogen-bond acceptors (Lipinski definition) is 5. The van der Waals surface area contributed by atoms with Gasteiger partial charge in [0, 0.05) is 18.0 Å². The number of nitrogens with zero attached hydrogens (tertiary/aromatic N) is 2. The molecular weight excluding hydrogens is 472 g/mol. The smallest absolute Gasteiger partial charge is 0.343 e. The van der Waals surface area contributed by atoms with Gasteiger partial charge in [0.25, 0.3) is 0 Å². The molecule has 0 saturated carbocycles. The Hall–Kier alpha value is -2.92. The van der Waals surface area contributed by atoms with Gasteiger partial charge in [0.1, 0.15) is 11.5 Å². The van der Waals surface area contributed by atoms with Gasteiger partial charge in [-0.2, -0.15) is 0 Å². The van der Waals surface area contributed by atoms with E-state index < -0.39 is 5.97 Å². The summed E-state index contributed by atoms with van der Waals surface area (Å²) >= 11 is 6.32. The topological polar surface area (TPSA) is 61.3 Å². The van der Waals surface area contributed by atoms with Crippen molar-refractivity contribution in [2.24, 2.45) is 0 Å². The highest BCUT2D eigenvalue weighted by Crippen LogP contribution is 2.27. The number of benzene rings is 2. The summed E-state index contributed by atoms with van der Waals surface area (Å²) in [5, 5.41) is 0.400. The maximum Gasteiger partial charge on any atom is 0.343 e. The van der Waals surface area contributed by atoms with Gasteiger partial charge < -0.3 is 9.47 Å². The highest BCUT2D eigenvalue weighted by atomic mass is 35.5. The van der Waals surface area contributed by atoms with Crippen molar-refractivity contribution in [3.63, 3.8) is 0 Å². The summed E-state index contributed by atoms with van der Waals surface area (Å²) in [4.78, 5) is 21.6. The van der Waals surface area contributed by atoms with E-state index in [1.54, 1.807) is 30.3 Å². The molecule has 0 fully saturated rings. The molecule has 6 heteroatoms. The largest absolute Gasteiger partial charge is 0.492 e. The lowest BCUT2D eigenvalue weighted by molar-refractivity contribution is 0.0734. The van der Waals surface area contributed by atoms with Crippen LogP contribution in [0.3, 0.4) is 0 Å². The van der Waals surface area contributed by atoms with Gasteiger partial charge in [-0.1, -0.05) is 70.4 Å². The molecule has 0 atom stereocenters. The van der Waals surface area contributed by atoms with Gasteiger partial charge in [-0.05, 0) is 67.3 Å². The maximum absolute atomic E-state index is 12.6. The summed E-state index contributed by atoms with van der Waals surface area (Å²) in [5.41, 5.74) is 2.40. The van der Waals surface area contributed by atoms with E-state index in [0.29, 0.717) is 34.5 Å². The van der Waals surface area contributed by atoms with Crippen LogP contribution in [-0.4, -0.2) is 22.5 Å². The number of unbranched alkanes of at least 4 members (excludes halogenated alkanes) is 7. The Labute approximate surface area is 220 Å². The van der Waals surface area contributed by atoms with Crippen LogP contribution in [0, 0.1) is 0 Å². The Balaban J connectivity index is 1.50. The third kappa shape index (κ3) is 8.94. The van der Waals surface area contributed by atoms with Crippen molar-refractivity contribution in [2.75, 3.05) is 6.61 Å². The normalized spacial score (nSPS) is 10.9. The summed E-state index contributed by atoms with van der Waals surface area (Å²) < 4.78 is 11.3. The van der Waals surface area contributed by atoms with E-state index in [2.05, 4.69) is 23.8 Å². The zero-order valence-electron chi connectivity index (χ0n) is 21.5. The SMILES string of the molecule is CCCCCCCc1cnc(-c2ccc(OC(=O)c3ccc(OCCCCCC)c(Cl)c3)cc2)nc1. The molecule has 0 amide bonds. The van der Waals surface area contributed by atoms with Crippen LogP contribution < -0.4 is 9.47 Å². The second-order valence-corrected chi connectivity index (χ2v) is 9.45. The standard InChI is InChI=1S/C30H37ClN2O3/c1-3-5-7-9-10-12-23-21-32-29(33-22-23)24-13-16-26(17-14-24)36-30(34)25-15-18-28(27(31)20-25)35-19-11-8-6-4-2/h13-18,20-22H,3-12,19H2,1-2H3. The molecule has 192 valence electrons. The Morgan fingerprint density at radius 2 is 1.50 bits per heavy atom. The average Bonchev–Trinajstić information content (AvgIpc) is 2.90. The van der Waals surface area contributed by atoms with Crippen LogP contribution in [0.5, 0.6) is 11.5 Å². The predicted molar refractivity (Wildman–Crippen MR) is 146 cm³/mol. The maximum atomic E-state index is 12.6. The van der Waals surface area contributed by atoms with E-state index in [-0.39, 0.29) is 0 Å². The molecule has 0 aliphatic rings. The summed E-state index contributed by atoms with van der Waals surface area (Å²) in [6.45, 7) is 5.01. The fourth-order valence-corrected chi connectivity index (χ4v) is 4.09. The predicted octanol–water partition coefficient (Wildman–Crippen LogP) is 8.49. The van der Waals surface area contributed by atoms with Crippen LogP contribution in [0.15, 0.2) is 54.9 Å². The van der Waals surface area contributed by atoms with Crippen molar-refractivity contribution in [3.05, 3.63) is 71.0 Å². The van der Waals surface area contributed by atoms with Crippen molar-refractivity contribution in [2.45, 2.75) is 78.1 Å². The molecule has 36 heavy (non-hydrogen) atoms. The molecule has 0 saturated heterocycles. The molecule has 0 unspecified atom stereocenters. The molecule has 0 radical (unpaired) electrons. The summed E-state index contributed by atoms with van der Waals surface area (Å²) in [6, 6.07) is 12.2. The number of rotatable bonds is 15. The highest BCUT2D eigenvalue weighted by molar-refractivity contribution is 6.32. The first-order valence-corrected chi connectivity index (χ1v) is 13.5. The molecule has 5 nitrogen and oxygen atoms in total. The minimum absolute atomic E-state index is 0.371. The van der Waals surface area contributed by atoms with Crippen LogP contribution in [0.1, 0.15) is 87.6 Å². The van der Waals surface area contributed by atoms with Gasteiger partial charge in [-0.25, -0.2) is 14.8 Å². The Bertz CT molecular complexity index is 1070. The average molecular weight is 509 g/mol. The van der Waals surface area contributed by atoms with Crippen molar-refractivity contribution in [1.29, 1.82) is 0 Å². The number of halogens is 1. The minimum atomic E-state index is -0.473. The zero-order chi connectivity index (χ0) is 25.6. The molecule has 0 N–H and O–H groups in total. The Morgan fingerprint density at radius 1 is 0.833 bits per heavy atom. The minimum Gasteiger partial charge on any atom is -0.492 e. The summed E-state index contributed by atoms with van der Waals surface area (Å²) in [6.07, 6.45) is 15.6. The second-order valence-electron chi connectivity index (χ2n) is 9.05. The molecule has 0 spiro atoms. The van der Waals surface area contributed by atoms with Gasteiger partial charge in [0.05, 0.1) is 17.2 Å². The van der Waals surface area contributed by atoms with Crippen molar-refractivity contribution in [3.8, 4) is 22.9 Å². The molecule has 3 rings (SSSR count). The molecule has 0 aliphatic heterocycles. The Morgan fingerprint density at radius 3 is 2.17 bits per heavy atom. The number of ether oxygens (including phenoxy) is 2. The van der Waals surface area contributed by atoms with Crippen molar-refractivity contribution < 1.29 is 14.3 Å². The van der Waals surface area contributed by atoms with Gasteiger partial charge in [-0.3, -0.25) is 0 Å². The van der Waals surface area contributed by atoms with Crippen LogP contribution in [0.4, 0.5) is 0 Å². The lowest BCUT2D eigenvalue weighted by atomic mass is 10.1. The van der Waals surface area contributed by atoms with E-state index >= 15 is 0 Å². The number of aryl methyl sites for hydroxylation is 1. The van der Waals surface area contributed by atoms with E-state index in [1.807, 2.05) is 24.5 Å². The molecule has 3 aromatic rings. The monoisotopic (exact) mass is 508 g/mol. The lowest BCUT2D eigenvalue weighted by Gasteiger charge is -2.10. The lowest BCUT2D eigenvalue weighted by Crippen LogP contribution is -2.08. The van der Waals surface area contributed by atoms with Crippen LogP contribution in [-0.2, 0) is 6.42 Å². The Kier molecular flexibility index (Phi) is 11.7. The van der Waals surface area contributed by atoms with Crippen LogP contribution in [0.25, 0.3) is 11.4 Å². The summed E-state index contributed by atoms with van der Waals surface area (Å²) in [7, 11) is 0. The second kappa shape index (κ2) is 15.2. The highest BCUT2D eigenvalue weighted by Gasteiger charge is 2.12. The molecular formula is C30H37ClN2O3. The molecule has 1 heterocycles. The third-order valence-electron chi connectivity index (χ3n) is 6.02. The van der Waals surface area contributed by atoms with E-state index in [9.17, 15) is 4.79 Å². The molecule has 1 aromatic heterocycles. The van der Waals surface area contributed by atoms with Gasteiger partial charge >= 0.3 is 5.97 Å². The first-order chi connectivity index (χ1) is 17.6. The summed E-state index contributed by atoms with van der Waals surface area (Å²) in [5.74, 6) is 1.20. The molecule has 2 aromatic carbocycles. The van der Waals surface area contributed by atoms with Gasteiger partial charge in [0.2, 0.25) is 0 Å². The fraction of sp³-hybridized carbons (Fsp3) is 0.433. The molecule has 0 aliphatic carbocycles.